The topological polar surface area (TPSA) is 84.5 Å². The van der Waals surface area contributed by atoms with Crippen molar-refractivity contribution >= 4 is 16.9 Å². The summed E-state index contributed by atoms with van der Waals surface area (Å²) in [5.41, 5.74) is 1.26. The molecule has 20 heavy (non-hydrogen) atoms. The number of fused-ring (bicyclic) bond motifs is 1. The van der Waals surface area contributed by atoms with Gasteiger partial charge < -0.3 is 19.1 Å². The molecule has 2 aromatic rings. The van der Waals surface area contributed by atoms with Crippen molar-refractivity contribution in [1.29, 1.82) is 5.26 Å². The monoisotopic (exact) mass is 274 g/mol. The lowest BCUT2D eigenvalue weighted by atomic mass is 10.1. The molecule has 0 saturated carbocycles. The van der Waals surface area contributed by atoms with E-state index >= 15 is 0 Å². The van der Waals surface area contributed by atoms with Crippen molar-refractivity contribution in [3.63, 3.8) is 0 Å². The van der Waals surface area contributed by atoms with Crippen molar-refractivity contribution in [1.82, 2.24) is 4.57 Å². The SMILES string of the molecule is COc1cc(OC)c2c(c1)c(C)c(C(=O)O)n2CC#N. The molecule has 1 N–H and O–H groups in total. The number of ether oxygens (including phenoxy) is 2. The maximum absolute atomic E-state index is 11.4. The van der Waals surface area contributed by atoms with Gasteiger partial charge in [-0.2, -0.15) is 5.26 Å². The third-order valence-corrected chi connectivity index (χ3v) is 3.23. The van der Waals surface area contributed by atoms with Gasteiger partial charge in [0.1, 0.15) is 23.7 Å². The van der Waals surface area contributed by atoms with E-state index in [0.29, 0.717) is 28.0 Å². The lowest BCUT2D eigenvalue weighted by molar-refractivity contribution is 0.0685. The Morgan fingerprint density at radius 1 is 1.40 bits per heavy atom. The minimum atomic E-state index is -1.07. The van der Waals surface area contributed by atoms with Gasteiger partial charge >= 0.3 is 5.97 Å². The van der Waals surface area contributed by atoms with E-state index < -0.39 is 5.97 Å². The number of carboxylic acid groups (broad SMARTS) is 1. The summed E-state index contributed by atoms with van der Waals surface area (Å²) in [4.78, 5) is 11.4. The molecule has 104 valence electrons. The van der Waals surface area contributed by atoms with Crippen LogP contribution in [0.15, 0.2) is 12.1 Å². The fourth-order valence-corrected chi connectivity index (χ4v) is 2.37. The Labute approximate surface area is 115 Å². The van der Waals surface area contributed by atoms with E-state index in [4.69, 9.17) is 14.7 Å². The summed E-state index contributed by atoms with van der Waals surface area (Å²) in [6, 6.07) is 5.39. The van der Waals surface area contributed by atoms with Crippen molar-refractivity contribution in [2.45, 2.75) is 13.5 Å². The third-order valence-electron chi connectivity index (χ3n) is 3.23. The number of benzene rings is 1. The van der Waals surface area contributed by atoms with Crippen LogP contribution in [0, 0.1) is 18.3 Å². The number of nitriles is 1. The summed E-state index contributed by atoms with van der Waals surface area (Å²) in [7, 11) is 3.02. The molecule has 0 saturated heterocycles. The zero-order chi connectivity index (χ0) is 14.9. The molecule has 0 bridgehead atoms. The molecule has 0 aliphatic heterocycles. The number of aromatic nitrogens is 1. The number of rotatable bonds is 4. The zero-order valence-corrected chi connectivity index (χ0v) is 11.4. The van der Waals surface area contributed by atoms with Crippen LogP contribution in [0.3, 0.4) is 0 Å². The molecule has 2 rings (SSSR count). The number of hydrogen-bond acceptors (Lipinski definition) is 4. The van der Waals surface area contributed by atoms with Gasteiger partial charge in [-0.3, -0.25) is 0 Å². The van der Waals surface area contributed by atoms with E-state index in [-0.39, 0.29) is 12.2 Å². The average Bonchev–Trinajstić information content (AvgIpc) is 2.71. The summed E-state index contributed by atoms with van der Waals surface area (Å²) in [5, 5.41) is 19.0. The predicted octanol–water partition coefficient (Wildman–Crippen LogP) is 2.19. The maximum Gasteiger partial charge on any atom is 0.352 e. The van der Waals surface area contributed by atoms with Gasteiger partial charge in [0.25, 0.3) is 0 Å². The number of nitrogens with zero attached hydrogens (tertiary/aromatic N) is 2. The first-order valence-corrected chi connectivity index (χ1v) is 5.90. The van der Waals surface area contributed by atoms with Crippen LogP contribution in [0.4, 0.5) is 0 Å². The van der Waals surface area contributed by atoms with Crippen molar-refractivity contribution in [3.05, 3.63) is 23.4 Å². The van der Waals surface area contributed by atoms with E-state index in [9.17, 15) is 9.90 Å². The highest BCUT2D eigenvalue weighted by Crippen LogP contribution is 2.36. The van der Waals surface area contributed by atoms with Gasteiger partial charge in [-0.1, -0.05) is 0 Å². The molecule has 1 aromatic carbocycles. The standard InChI is InChI=1S/C14H14N2O4/c1-8-10-6-9(19-2)7-11(20-3)13(10)16(5-4-15)12(8)14(17)18/h6-7H,5H2,1-3H3,(H,17,18). The molecule has 0 spiro atoms. The molecule has 0 aliphatic carbocycles. The van der Waals surface area contributed by atoms with Crippen LogP contribution in [-0.2, 0) is 6.54 Å². The van der Waals surface area contributed by atoms with Crippen LogP contribution in [0.2, 0.25) is 0 Å². The largest absolute Gasteiger partial charge is 0.497 e. The Kier molecular flexibility index (Phi) is 3.53. The van der Waals surface area contributed by atoms with Gasteiger partial charge in [-0.25, -0.2) is 4.79 Å². The summed E-state index contributed by atoms with van der Waals surface area (Å²) < 4.78 is 11.9. The molecule has 0 fully saturated rings. The van der Waals surface area contributed by atoms with E-state index in [1.807, 2.05) is 6.07 Å². The second-order valence-corrected chi connectivity index (χ2v) is 4.25. The normalized spacial score (nSPS) is 10.3. The molecule has 0 aliphatic rings. The summed E-state index contributed by atoms with van der Waals surface area (Å²) in [6.45, 7) is 1.65. The fourth-order valence-electron chi connectivity index (χ4n) is 2.37. The number of hydrogen-bond donors (Lipinski definition) is 1. The Hall–Kier alpha value is -2.68. The molecule has 1 aromatic heterocycles. The Bertz CT molecular complexity index is 725. The number of carbonyl (C=O) groups is 1. The number of carboxylic acids is 1. The van der Waals surface area contributed by atoms with E-state index in [1.165, 1.54) is 18.8 Å². The number of methoxy groups -OCH3 is 2. The maximum atomic E-state index is 11.4. The lowest BCUT2D eigenvalue weighted by Gasteiger charge is -2.09. The molecule has 0 atom stereocenters. The lowest BCUT2D eigenvalue weighted by Crippen LogP contribution is -2.09. The van der Waals surface area contributed by atoms with Crippen molar-refractivity contribution in [2.24, 2.45) is 0 Å². The van der Waals surface area contributed by atoms with Crippen molar-refractivity contribution in [2.75, 3.05) is 14.2 Å². The molecule has 0 unspecified atom stereocenters. The van der Waals surface area contributed by atoms with Gasteiger partial charge in [-0.05, 0) is 18.6 Å². The highest BCUT2D eigenvalue weighted by Gasteiger charge is 2.22. The first-order valence-electron chi connectivity index (χ1n) is 5.90. The third kappa shape index (κ3) is 1.93. The Morgan fingerprint density at radius 2 is 2.10 bits per heavy atom. The first-order chi connectivity index (χ1) is 9.54. The number of aryl methyl sites for hydroxylation is 1. The van der Waals surface area contributed by atoms with Crippen LogP contribution in [-0.4, -0.2) is 29.9 Å². The highest BCUT2D eigenvalue weighted by atomic mass is 16.5. The van der Waals surface area contributed by atoms with Crippen LogP contribution in [0.1, 0.15) is 16.1 Å². The van der Waals surface area contributed by atoms with Gasteiger partial charge in [0.15, 0.2) is 0 Å². The van der Waals surface area contributed by atoms with Crippen molar-refractivity contribution < 1.29 is 19.4 Å². The fraction of sp³-hybridized carbons (Fsp3) is 0.286. The Morgan fingerprint density at radius 3 is 2.60 bits per heavy atom. The van der Waals surface area contributed by atoms with Crippen LogP contribution in [0.25, 0.3) is 10.9 Å². The van der Waals surface area contributed by atoms with Crippen molar-refractivity contribution in [3.8, 4) is 17.6 Å². The second kappa shape index (κ2) is 5.13. The highest BCUT2D eigenvalue weighted by molar-refractivity contribution is 6.00. The first kappa shape index (κ1) is 13.7. The van der Waals surface area contributed by atoms with E-state index in [2.05, 4.69) is 0 Å². The van der Waals surface area contributed by atoms with Gasteiger partial charge in [0, 0.05) is 11.5 Å². The van der Waals surface area contributed by atoms with E-state index in [0.717, 1.165) is 0 Å². The smallest absolute Gasteiger partial charge is 0.352 e. The molecule has 0 amide bonds. The summed E-state index contributed by atoms with van der Waals surface area (Å²) in [5.74, 6) is -0.0244. The minimum absolute atomic E-state index is 0.0609. The average molecular weight is 274 g/mol. The van der Waals surface area contributed by atoms with Crippen LogP contribution >= 0.6 is 0 Å². The minimum Gasteiger partial charge on any atom is -0.497 e. The number of aromatic carboxylic acids is 1. The summed E-state index contributed by atoms with van der Waals surface area (Å²) >= 11 is 0. The van der Waals surface area contributed by atoms with Gasteiger partial charge in [0.2, 0.25) is 0 Å². The summed E-state index contributed by atoms with van der Waals surface area (Å²) in [6.07, 6.45) is 0. The van der Waals surface area contributed by atoms with Crippen LogP contribution < -0.4 is 9.47 Å². The molecule has 6 nitrogen and oxygen atoms in total. The van der Waals surface area contributed by atoms with Gasteiger partial charge in [0.05, 0.1) is 25.8 Å². The molecule has 6 heteroatoms. The second-order valence-electron chi connectivity index (χ2n) is 4.25. The quantitative estimate of drug-likeness (QED) is 0.923. The zero-order valence-electron chi connectivity index (χ0n) is 11.4. The molecule has 1 heterocycles. The van der Waals surface area contributed by atoms with E-state index in [1.54, 1.807) is 19.1 Å². The molecular weight excluding hydrogens is 260 g/mol. The van der Waals surface area contributed by atoms with Crippen LogP contribution in [0.5, 0.6) is 11.5 Å². The van der Waals surface area contributed by atoms with Gasteiger partial charge in [-0.15, -0.1) is 0 Å². The molecule has 0 radical (unpaired) electrons. The Balaban J connectivity index is 2.95. The predicted molar refractivity (Wildman–Crippen MR) is 72.4 cm³/mol. The molecular formula is C14H14N2O4.